The van der Waals surface area contributed by atoms with Gasteiger partial charge in [0.05, 0.1) is 25.9 Å². The predicted molar refractivity (Wildman–Crippen MR) is 65.5 cm³/mol. The van der Waals surface area contributed by atoms with E-state index in [2.05, 4.69) is 4.98 Å². The van der Waals surface area contributed by atoms with Crippen molar-refractivity contribution in [3.05, 3.63) is 5.56 Å². The number of methoxy groups -OCH3 is 2. The number of hydrogen-bond acceptors (Lipinski definition) is 7. The van der Waals surface area contributed by atoms with Gasteiger partial charge in [-0.15, -0.1) is 0 Å². The van der Waals surface area contributed by atoms with Crippen molar-refractivity contribution in [3.8, 4) is 23.3 Å². The van der Waals surface area contributed by atoms with E-state index >= 15 is 0 Å². The number of aliphatic hydroxyl groups is 1. The van der Waals surface area contributed by atoms with Gasteiger partial charge in [-0.25, -0.2) is 0 Å². The number of hydrogen-bond donors (Lipinski definition) is 3. The first-order valence-corrected chi connectivity index (χ1v) is 5.72. The molecule has 1 heterocycles. The van der Waals surface area contributed by atoms with Crippen LogP contribution >= 0.6 is 0 Å². The number of pyridine rings is 1. The van der Waals surface area contributed by atoms with Crippen LogP contribution < -0.4 is 9.47 Å². The third-order valence-electron chi connectivity index (χ3n) is 2.64. The average Bonchev–Trinajstić information content (AvgIpc) is 2.38. The van der Waals surface area contributed by atoms with Crippen LogP contribution in [0.25, 0.3) is 0 Å². The number of nitrogens with zero attached hydrogens (tertiary/aromatic N) is 1. The minimum Gasteiger partial charge on any atom is -0.504 e. The lowest BCUT2D eigenvalue weighted by atomic mass is 10.0. The number of unbranched alkanes of at least 4 members (excludes halogenated alkanes) is 1. The van der Waals surface area contributed by atoms with E-state index in [1.54, 1.807) is 0 Å². The molecule has 19 heavy (non-hydrogen) atoms. The predicted octanol–water partition coefficient (Wildman–Crippen LogP) is 0.913. The molecule has 0 amide bonds. The molecule has 7 nitrogen and oxygen atoms in total. The van der Waals surface area contributed by atoms with Gasteiger partial charge in [0.2, 0.25) is 11.6 Å². The summed E-state index contributed by atoms with van der Waals surface area (Å²) in [5.74, 6) is -1.11. The second-order valence-electron chi connectivity index (χ2n) is 3.85. The molecule has 106 valence electrons. The highest BCUT2D eigenvalue weighted by atomic mass is 16.5. The molecule has 0 radical (unpaired) electrons. The molecule has 0 aliphatic heterocycles. The Morgan fingerprint density at radius 3 is 2.53 bits per heavy atom. The molecule has 0 aliphatic carbocycles. The van der Waals surface area contributed by atoms with Gasteiger partial charge in [0.15, 0.2) is 5.75 Å². The van der Waals surface area contributed by atoms with E-state index in [4.69, 9.17) is 9.47 Å². The van der Waals surface area contributed by atoms with Gasteiger partial charge in [-0.2, -0.15) is 4.98 Å². The minimum atomic E-state index is -1.15. The molecule has 0 saturated heterocycles. The lowest BCUT2D eigenvalue weighted by Gasteiger charge is -2.16. The summed E-state index contributed by atoms with van der Waals surface area (Å²) in [7, 11) is 2.61. The second kappa shape index (κ2) is 6.79. The van der Waals surface area contributed by atoms with Gasteiger partial charge in [-0.05, 0) is 12.8 Å². The molecule has 3 N–H and O–H groups in total. The van der Waals surface area contributed by atoms with Crippen molar-refractivity contribution in [2.75, 3.05) is 14.2 Å². The van der Waals surface area contributed by atoms with Crippen molar-refractivity contribution >= 4 is 6.29 Å². The smallest absolute Gasteiger partial charge is 0.264 e. The maximum absolute atomic E-state index is 10.2. The van der Waals surface area contributed by atoms with Crippen molar-refractivity contribution in [1.82, 2.24) is 4.98 Å². The van der Waals surface area contributed by atoms with Crippen LogP contribution in [-0.4, -0.2) is 40.8 Å². The zero-order valence-corrected chi connectivity index (χ0v) is 10.8. The van der Waals surface area contributed by atoms with Crippen LogP contribution in [0.3, 0.4) is 0 Å². The number of aromatic nitrogens is 1. The monoisotopic (exact) mass is 271 g/mol. The van der Waals surface area contributed by atoms with Crippen LogP contribution in [0.5, 0.6) is 23.3 Å². The van der Waals surface area contributed by atoms with Crippen molar-refractivity contribution in [2.45, 2.75) is 25.4 Å². The SMILES string of the molecule is COc1nc(O)c([C@@H](O)CCCC=O)c(O)c1OC. The topological polar surface area (TPSA) is 109 Å². The highest BCUT2D eigenvalue weighted by molar-refractivity contribution is 5.56. The molecule has 1 aromatic heterocycles. The number of rotatable bonds is 7. The lowest BCUT2D eigenvalue weighted by Crippen LogP contribution is -2.03. The maximum Gasteiger partial charge on any atom is 0.264 e. The lowest BCUT2D eigenvalue weighted by molar-refractivity contribution is -0.108. The normalized spacial score (nSPS) is 11.9. The fourth-order valence-corrected chi connectivity index (χ4v) is 1.70. The first-order chi connectivity index (χ1) is 9.06. The summed E-state index contributed by atoms with van der Waals surface area (Å²) in [5.41, 5.74) is -0.136. The summed E-state index contributed by atoms with van der Waals surface area (Å²) in [6, 6.07) is 0. The molecule has 0 aliphatic rings. The number of carbonyl (C=O) groups is 1. The van der Waals surface area contributed by atoms with E-state index in [-0.39, 0.29) is 23.6 Å². The van der Waals surface area contributed by atoms with Gasteiger partial charge >= 0.3 is 0 Å². The zero-order chi connectivity index (χ0) is 14.4. The summed E-state index contributed by atoms with van der Waals surface area (Å²) >= 11 is 0. The van der Waals surface area contributed by atoms with Gasteiger partial charge in [-0.3, -0.25) is 0 Å². The van der Waals surface area contributed by atoms with Crippen LogP contribution in [0.4, 0.5) is 0 Å². The quantitative estimate of drug-likeness (QED) is 0.499. The molecule has 1 atom stereocenters. The Morgan fingerprint density at radius 2 is 2.00 bits per heavy atom. The van der Waals surface area contributed by atoms with Crippen molar-refractivity contribution in [1.29, 1.82) is 0 Å². The molecule has 1 rings (SSSR count). The van der Waals surface area contributed by atoms with E-state index < -0.39 is 17.7 Å². The van der Waals surface area contributed by atoms with Crippen molar-refractivity contribution in [2.24, 2.45) is 0 Å². The molecule has 0 fully saturated rings. The summed E-state index contributed by atoms with van der Waals surface area (Å²) in [5, 5.41) is 29.6. The van der Waals surface area contributed by atoms with Crippen LogP contribution in [0.15, 0.2) is 0 Å². The van der Waals surface area contributed by atoms with Gasteiger partial charge in [0, 0.05) is 6.42 Å². The average molecular weight is 271 g/mol. The number of aromatic hydroxyl groups is 2. The second-order valence-corrected chi connectivity index (χ2v) is 3.85. The van der Waals surface area contributed by atoms with Crippen LogP contribution in [0.1, 0.15) is 30.9 Å². The third kappa shape index (κ3) is 3.25. The number of aldehydes is 1. The highest BCUT2D eigenvalue weighted by Gasteiger charge is 2.25. The van der Waals surface area contributed by atoms with Gasteiger partial charge in [-0.1, -0.05) is 0 Å². The molecule has 7 heteroatoms. The largest absolute Gasteiger partial charge is 0.504 e. The van der Waals surface area contributed by atoms with Crippen molar-refractivity contribution in [3.63, 3.8) is 0 Å². The van der Waals surface area contributed by atoms with Crippen LogP contribution in [0.2, 0.25) is 0 Å². The Bertz CT molecular complexity index is 448. The molecule has 0 spiro atoms. The first-order valence-electron chi connectivity index (χ1n) is 5.72. The molecule has 0 saturated carbocycles. The molecule has 0 unspecified atom stereocenters. The standard InChI is InChI=1S/C12H17NO6/c1-18-10-9(16)8(7(15)5-3-4-6-14)11(17)13-12(10)19-2/h6-7,15H,3-5H2,1-2H3,(H2,13,16,17)/t7-/m0/s1. The maximum atomic E-state index is 10.2. The Balaban J connectivity index is 3.09. The summed E-state index contributed by atoms with van der Waals surface area (Å²) in [6.07, 6.45) is 0.514. The van der Waals surface area contributed by atoms with E-state index in [0.29, 0.717) is 12.8 Å². The van der Waals surface area contributed by atoms with E-state index in [0.717, 1.165) is 6.29 Å². The van der Waals surface area contributed by atoms with Gasteiger partial charge < -0.3 is 29.6 Å². The number of carbonyl (C=O) groups excluding carboxylic acids is 1. The molecule has 1 aromatic rings. The summed E-state index contributed by atoms with van der Waals surface area (Å²) in [4.78, 5) is 13.9. The van der Waals surface area contributed by atoms with E-state index in [1.165, 1.54) is 14.2 Å². The van der Waals surface area contributed by atoms with E-state index in [9.17, 15) is 20.1 Å². The first kappa shape index (κ1) is 15.0. The third-order valence-corrected chi connectivity index (χ3v) is 2.64. The Kier molecular flexibility index (Phi) is 5.37. The number of ether oxygens (including phenoxy) is 2. The van der Waals surface area contributed by atoms with Crippen molar-refractivity contribution < 1.29 is 29.6 Å². The zero-order valence-electron chi connectivity index (χ0n) is 10.8. The van der Waals surface area contributed by atoms with E-state index in [1.807, 2.05) is 0 Å². The fourth-order valence-electron chi connectivity index (χ4n) is 1.70. The Labute approximate surface area is 110 Å². The number of aliphatic hydroxyl groups excluding tert-OH is 1. The molecular formula is C12H17NO6. The molecule has 0 aromatic carbocycles. The van der Waals surface area contributed by atoms with Gasteiger partial charge in [0.1, 0.15) is 6.29 Å². The Morgan fingerprint density at radius 1 is 1.32 bits per heavy atom. The minimum absolute atomic E-state index is 0.0651. The summed E-state index contributed by atoms with van der Waals surface area (Å²) < 4.78 is 9.77. The van der Waals surface area contributed by atoms with Gasteiger partial charge in [0.25, 0.3) is 5.88 Å². The molecule has 0 bridgehead atoms. The van der Waals surface area contributed by atoms with Crippen LogP contribution in [-0.2, 0) is 4.79 Å². The Hall–Kier alpha value is -2.02. The summed E-state index contributed by atoms with van der Waals surface area (Å²) in [6.45, 7) is 0. The fraction of sp³-hybridized carbons (Fsp3) is 0.500. The van der Waals surface area contributed by atoms with Crippen LogP contribution in [0, 0.1) is 0 Å². The molecular weight excluding hydrogens is 254 g/mol. The highest BCUT2D eigenvalue weighted by Crippen LogP contribution is 2.44.